The minimum atomic E-state index is -4.90. The van der Waals surface area contributed by atoms with Gasteiger partial charge < -0.3 is 15.2 Å². The summed E-state index contributed by atoms with van der Waals surface area (Å²) in [4.78, 5) is 23.7. The molecule has 2 bridgehead atoms. The number of ether oxygens (including phenoxy) is 1. The summed E-state index contributed by atoms with van der Waals surface area (Å²) >= 11 is 0. The SMILES string of the molecule is O=C(O)C1C2CCC(O2)C1C(=O)Nc1ccc(F)c(C(F)(F)F)c1. The van der Waals surface area contributed by atoms with Crippen molar-refractivity contribution in [3.8, 4) is 0 Å². The maximum Gasteiger partial charge on any atom is 0.419 e. The van der Waals surface area contributed by atoms with Crippen LogP contribution >= 0.6 is 0 Å². The zero-order valence-corrected chi connectivity index (χ0v) is 12.1. The molecule has 2 aliphatic heterocycles. The van der Waals surface area contributed by atoms with E-state index in [-0.39, 0.29) is 5.69 Å². The molecular formula is C15H13F4NO4. The van der Waals surface area contributed by atoms with E-state index in [1.54, 1.807) is 0 Å². The largest absolute Gasteiger partial charge is 0.481 e. The second kappa shape index (κ2) is 5.73. The standard InChI is InChI=1S/C15H13F4NO4/c16-8-2-1-6(5-7(8)15(17,18)19)20-13(21)11-9-3-4-10(24-9)12(11)14(22)23/h1-2,5,9-12H,3-4H2,(H,20,21)(H,22,23). The first-order valence-corrected chi connectivity index (χ1v) is 7.24. The number of hydrogen-bond acceptors (Lipinski definition) is 3. The Labute approximate surface area is 133 Å². The minimum Gasteiger partial charge on any atom is -0.481 e. The van der Waals surface area contributed by atoms with Crippen molar-refractivity contribution in [2.75, 3.05) is 5.32 Å². The van der Waals surface area contributed by atoms with E-state index < -0.39 is 53.5 Å². The van der Waals surface area contributed by atoms with Gasteiger partial charge in [-0.3, -0.25) is 9.59 Å². The molecule has 24 heavy (non-hydrogen) atoms. The van der Waals surface area contributed by atoms with Crippen molar-refractivity contribution in [1.29, 1.82) is 0 Å². The molecule has 4 atom stereocenters. The Hall–Kier alpha value is -2.16. The molecule has 0 radical (unpaired) electrons. The summed E-state index contributed by atoms with van der Waals surface area (Å²) < 4.78 is 56.8. The summed E-state index contributed by atoms with van der Waals surface area (Å²) in [5.41, 5.74) is -1.75. The molecule has 0 saturated carbocycles. The third-order valence-electron chi connectivity index (χ3n) is 4.40. The van der Waals surface area contributed by atoms with Crippen LogP contribution in [-0.2, 0) is 20.5 Å². The zero-order chi connectivity index (χ0) is 17.6. The van der Waals surface area contributed by atoms with Gasteiger partial charge in [-0.25, -0.2) is 4.39 Å². The molecule has 1 amide bonds. The van der Waals surface area contributed by atoms with Crippen LogP contribution in [0.3, 0.4) is 0 Å². The van der Waals surface area contributed by atoms with Crippen molar-refractivity contribution < 1.29 is 37.0 Å². The number of aliphatic carboxylic acids is 1. The average Bonchev–Trinajstić information content (AvgIpc) is 3.08. The molecule has 2 aliphatic rings. The lowest BCUT2D eigenvalue weighted by atomic mass is 9.78. The van der Waals surface area contributed by atoms with Crippen molar-refractivity contribution >= 4 is 17.6 Å². The van der Waals surface area contributed by atoms with Crippen LogP contribution in [0.4, 0.5) is 23.2 Å². The van der Waals surface area contributed by atoms with Crippen LogP contribution in [0, 0.1) is 17.7 Å². The van der Waals surface area contributed by atoms with Crippen molar-refractivity contribution in [2.45, 2.75) is 31.2 Å². The number of benzene rings is 1. The molecule has 2 N–H and O–H groups in total. The highest BCUT2D eigenvalue weighted by molar-refractivity contribution is 5.96. The third-order valence-corrected chi connectivity index (χ3v) is 4.40. The molecule has 0 aromatic heterocycles. The Morgan fingerprint density at radius 1 is 1.17 bits per heavy atom. The number of alkyl halides is 3. The topological polar surface area (TPSA) is 75.6 Å². The van der Waals surface area contributed by atoms with Gasteiger partial charge in [0.1, 0.15) is 5.82 Å². The molecule has 9 heteroatoms. The van der Waals surface area contributed by atoms with Crippen LogP contribution in [0.1, 0.15) is 18.4 Å². The number of carboxylic acids is 1. The van der Waals surface area contributed by atoms with Gasteiger partial charge in [-0.1, -0.05) is 0 Å². The number of carboxylic acid groups (broad SMARTS) is 1. The van der Waals surface area contributed by atoms with Crippen molar-refractivity contribution in [3.63, 3.8) is 0 Å². The summed E-state index contributed by atoms with van der Waals surface area (Å²) in [7, 11) is 0. The van der Waals surface area contributed by atoms with Crippen molar-refractivity contribution in [2.24, 2.45) is 11.8 Å². The normalized spacial score (nSPS) is 28.8. The van der Waals surface area contributed by atoms with Crippen molar-refractivity contribution in [1.82, 2.24) is 0 Å². The maximum absolute atomic E-state index is 13.3. The smallest absolute Gasteiger partial charge is 0.419 e. The lowest BCUT2D eigenvalue weighted by Gasteiger charge is -2.24. The Morgan fingerprint density at radius 3 is 2.38 bits per heavy atom. The second-order valence-corrected chi connectivity index (χ2v) is 5.86. The number of fused-ring (bicyclic) bond motifs is 2. The summed E-state index contributed by atoms with van der Waals surface area (Å²) in [6, 6.07) is 2.08. The van der Waals surface area contributed by atoms with Gasteiger partial charge in [0.25, 0.3) is 0 Å². The fourth-order valence-electron chi connectivity index (χ4n) is 3.37. The molecule has 5 nitrogen and oxygen atoms in total. The minimum absolute atomic E-state index is 0.249. The quantitative estimate of drug-likeness (QED) is 0.825. The molecule has 2 fully saturated rings. The summed E-state index contributed by atoms with van der Waals surface area (Å²) in [5, 5.41) is 11.5. The monoisotopic (exact) mass is 347 g/mol. The summed E-state index contributed by atoms with van der Waals surface area (Å²) in [6.07, 6.45) is -4.99. The first kappa shape index (κ1) is 16.7. The van der Waals surface area contributed by atoms with Gasteiger partial charge in [0, 0.05) is 5.69 Å². The number of hydrogen-bond donors (Lipinski definition) is 2. The molecule has 2 heterocycles. The molecule has 0 aliphatic carbocycles. The fraction of sp³-hybridized carbons (Fsp3) is 0.467. The van der Waals surface area contributed by atoms with Gasteiger partial charge in [-0.15, -0.1) is 0 Å². The van der Waals surface area contributed by atoms with Gasteiger partial charge in [-0.05, 0) is 31.0 Å². The molecule has 130 valence electrons. The number of carbonyl (C=O) groups excluding carboxylic acids is 1. The van der Waals surface area contributed by atoms with Gasteiger partial charge in [0.15, 0.2) is 0 Å². The Morgan fingerprint density at radius 2 is 1.79 bits per heavy atom. The van der Waals surface area contributed by atoms with Gasteiger partial charge >= 0.3 is 12.1 Å². The van der Waals surface area contributed by atoms with Crippen LogP contribution in [0.5, 0.6) is 0 Å². The van der Waals surface area contributed by atoms with E-state index in [1.165, 1.54) is 0 Å². The highest BCUT2D eigenvalue weighted by Gasteiger charge is 2.55. The van der Waals surface area contributed by atoms with Crippen molar-refractivity contribution in [3.05, 3.63) is 29.6 Å². The Balaban J connectivity index is 1.81. The van der Waals surface area contributed by atoms with Crippen LogP contribution < -0.4 is 5.32 Å². The zero-order valence-electron chi connectivity index (χ0n) is 12.1. The molecular weight excluding hydrogens is 334 g/mol. The lowest BCUT2D eigenvalue weighted by Crippen LogP contribution is -2.41. The highest BCUT2D eigenvalue weighted by atomic mass is 19.4. The average molecular weight is 347 g/mol. The molecule has 2 saturated heterocycles. The number of rotatable bonds is 3. The predicted octanol–water partition coefficient (Wildman–Crippen LogP) is 2.66. The van der Waals surface area contributed by atoms with Crippen LogP contribution in [0.2, 0.25) is 0 Å². The molecule has 0 spiro atoms. The fourth-order valence-corrected chi connectivity index (χ4v) is 3.37. The van der Waals surface area contributed by atoms with Gasteiger partial charge in [0.05, 0.1) is 29.6 Å². The molecule has 4 unspecified atom stereocenters. The molecule has 1 aromatic carbocycles. The van der Waals surface area contributed by atoms with E-state index in [9.17, 15) is 32.3 Å². The van der Waals surface area contributed by atoms with E-state index in [2.05, 4.69) is 5.32 Å². The van der Waals surface area contributed by atoms with E-state index in [4.69, 9.17) is 4.74 Å². The number of halogens is 4. The Bertz CT molecular complexity index is 691. The van der Waals surface area contributed by atoms with Crippen LogP contribution in [-0.4, -0.2) is 29.2 Å². The second-order valence-electron chi connectivity index (χ2n) is 5.86. The van der Waals surface area contributed by atoms with Gasteiger partial charge in [-0.2, -0.15) is 13.2 Å². The lowest BCUT2D eigenvalue weighted by molar-refractivity contribution is -0.147. The maximum atomic E-state index is 13.3. The summed E-state index contributed by atoms with van der Waals surface area (Å²) in [5.74, 6) is -5.40. The highest BCUT2D eigenvalue weighted by Crippen LogP contribution is 2.44. The van der Waals surface area contributed by atoms with E-state index in [1.807, 2.05) is 0 Å². The van der Waals surface area contributed by atoms with Crippen LogP contribution in [0.25, 0.3) is 0 Å². The number of anilines is 1. The number of amides is 1. The molecule has 3 rings (SSSR count). The summed E-state index contributed by atoms with van der Waals surface area (Å²) in [6.45, 7) is 0. The number of nitrogens with one attached hydrogen (secondary N) is 1. The number of carbonyl (C=O) groups is 2. The van der Waals surface area contributed by atoms with E-state index in [0.717, 1.165) is 6.07 Å². The predicted molar refractivity (Wildman–Crippen MR) is 72.5 cm³/mol. The van der Waals surface area contributed by atoms with E-state index >= 15 is 0 Å². The van der Waals surface area contributed by atoms with E-state index in [0.29, 0.717) is 25.0 Å². The first-order chi connectivity index (χ1) is 11.2. The van der Waals surface area contributed by atoms with Crippen LogP contribution in [0.15, 0.2) is 18.2 Å². The Kier molecular flexibility index (Phi) is 3.98. The van der Waals surface area contributed by atoms with Gasteiger partial charge in [0.2, 0.25) is 5.91 Å². The first-order valence-electron chi connectivity index (χ1n) is 7.24. The molecule has 1 aromatic rings. The third kappa shape index (κ3) is 2.83.